The molecule has 0 radical (unpaired) electrons. The Kier molecular flexibility index (Phi) is 3.90. The molecule has 3 rings (SSSR count). The highest BCUT2D eigenvalue weighted by Crippen LogP contribution is 2.16. The summed E-state index contributed by atoms with van der Waals surface area (Å²) in [7, 11) is 1.55. The first-order valence-corrected chi connectivity index (χ1v) is 6.39. The molecule has 3 heterocycles. The summed E-state index contributed by atoms with van der Waals surface area (Å²) in [5.74, 6) is 0.812. The number of methoxy groups -OCH3 is 1. The molecule has 2 N–H and O–H groups in total. The fourth-order valence-corrected chi connectivity index (χ4v) is 2.22. The summed E-state index contributed by atoms with van der Waals surface area (Å²) in [4.78, 5) is 20.9. The van der Waals surface area contributed by atoms with Gasteiger partial charge in [0.1, 0.15) is 6.33 Å². The van der Waals surface area contributed by atoms with E-state index in [1.807, 2.05) is 6.07 Å². The zero-order valence-electron chi connectivity index (χ0n) is 12.1. The first kappa shape index (κ1) is 14.9. The maximum absolute atomic E-state index is 12.5. The Morgan fingerprint density at radius 1 is 1.29 bits per heavy atom. The fraction of sp³-hybridized carbons (Fsp3) is 0.385. The molecule has 0 fully saturated rings. The van der Waals surface area contributed by atoms with Crippen LogP contribution in [0.2, 0.25) is 0 Å². The lowest BCUT2D eigenvalue weighted by Crippen LogP contribution is -2.26. The van der Waals surface area contributed by atoms with E-state index in [0.29, 0.717) is 24.0 Å². The number of fused-ring (bicyclic) bond motifs is 3. The molecule has 3 aromatic rings. The lowest BCUT2D eigenvalue weighted by molar-refractivity contribution is 0.399. The Bertz CT molecular complexity index is 837. The van der Waals surface area contributed by atoms with Crippen molar-refractivity contribution in [3.63, 3.8) is 0 Å². The molecule has 3 aromatic heterocycles. The number of nitrogens with zero attached hydrogens (tertiary/aromatic N) is 5. The van der Waals surface area contributed by atoms with Gasteiger partial charge >= 0.3 is 0 Å². The molecule has 8 heteroatoms. The lowest BCUT2D eigenvalue weighted by atomic mass is 10.2. The largest absolute Gasteiger partial charge is 0.481 e. The molecule has 0 bridgehead atoms. The molecule has 0 aromatic carbocycles. The van der Waals surface area contributed by atoms with E-state index < -0.39 is 0 Å². The number of ether oxygens (including phenoxy) is 1. The van der Waals surface area contributed by atoms with Crippen molar-refractivity contribution >= 4 is 16.8 Å². The first-order chi connectivity index (χ1) is 9.61. The minimum atomic E-state index is -0.157. The van der Waals surface area contributed by atoms with Crippen LogP contribution in [-0.2, 0) is 6.54 Å². The van der Waals surface area contributed by atoms with E-state index >= 15 is 0 Å². The van der Waals surface area contributed by atoms with E-state index in [4.69, 9.17) is 4.74 Å². The molecule has 0 aliphatic rings. The van der Waals surface area contributed by atoms with Crippen molar-refractivity contribution in [1.29, 1.82) is 0 Å². The van der Waals surface area contributed by atoms with E-state index in [9.17, 15) is 4.79 Å². The third-order valence-electron chi connectivity index (χ3n) is 3.06. The zero-order chi connectivity index (χ0) is 14.3. The Morgan fingerprint density at radius 3 is 2.71 bits per heavy atom. The molecule has 0 saturated heterocycles. The second kappa shape index (κ2) is 5.49. The van der Waals surface area contributed by atoms with Gasteiger partial charge in [0.2, 0.25) is 11.5 Å². The van der Waals surface area contributed by atoms with E-state index in [0.717, 1.165) is 5.52 Å². The standard InChI is InChI=1S/C13H15N5O2.H2O/c1-8(2)6-17-9-4-5-10(20-3)16-11(9)18-12(13(17)19)14-7-15-18;/h4-5,7-8H,6H2,1-3H3;1H2. The topological polar surface area (TPSA) is 106 Å². The van der Waals surface area contributed by atoms with Crippen molar-refractivity contribution in [2.75, 3.05) is 7.11 Å². The van der Waals surface area contributed by atoms with Gasteiger partial charge in [0.15, 0.2) is 5.65 Å². The first-order valence-electron chi connectivity index (χ1n) is 6.39. The van der Waals surface area contributed by atoms with Crippen molar-refractivity contribution in [3.8, 4) is 5.88 Å². The van der Waals surface area contributed by atoms with Gasteiger partial charge in [-0.05, 0) is 12.0 Å². The highest BCUT2D eigenvalue weighted by atomic mass is 16.5. The van der Waals surface area contributed by atoms with Gasteiger partial charge in [-0.1, -0.05) is 13.8 Å². The van der Waals surface area contributed by atoms with Crippen LogP contribution in [-0.4, -0.2) is 36.7 Å². The predicted molar refractivity (Wildman–Crippen MR) is 77.6 cm³/mol. The second-order valence-corrected chi connectivity index (χ2v) is 5.00. The second-order valence-electron chi connectivity index (χ2n) is 5.00. The molecule has 0 unspecified atom stereocenters. The van der Waals surface area contributed by atoms with E-state index in [-0.39, 0.29) is 16.7 Å². The normalized spacial score (nSPS) is 11.0. The predicted octanol–water partition coefficient (Wildman–Crippen LogP) is 0.279. The summed E-state index contributed by atoms with van der Waals surface area (Å²) < 4.78 is 8.29. The van der Waals surface area contributed by atoms with Crippen LogP contribution in [0.5, 0.6) is 5.88 Å². The monoisotopic (exact) mass is 291 g/mol. The molecular formula is C13H17N5O3. The molecule has 0 aliphatic heterocycles. The van der Waals surface area contributed by atoms with Crippen molar-refractivity contribution in [2.24, 2.45) is 5.92 Å². The van der Waals surface area contributed by atoms with Crippen LogP contribution in [0.3, 0.4) is 0 Å². The minimum Gasteiger partial charge on any atom is -0.481 e. The molecule has 0 aliphatic carbocycles. The summed E-state index contributed by atoms with van der Waals surface area (Å²) in [6, 6.07) is 3.56. The van der Waals surface area contributed by atoms with Crippen LogP contribution in [0.25, 0.3) is 16.8 Å². The Balaban J connectivity index is 0.00000161. The Hall–Kier alpha value is -2.48. The van der Waals surface area contributed by atoms with Crippen molar-refractivity contribution in [1.82, 2.24) is 24.1 Å². The van der Waals surface area contributed by atoms with E-state index in [2.05, 4.69) is 28.9 Å². The van der Waals surface area contributed by atoms with Crippen LogP contribution < -0.4 is 10.3 Å². The molecular weight excluding hydrogens is 274 g/mol. The summed E-state index contributed by atoms with van der Waals surface area (Å²) in [5.41, 5.74) is 1.41. The summed E-state index contributed by atoms with van der Waals surface area (Å²) in [6.45, 7) is 4.72. The van der Waals surface area contributed by atoms with Crippen LogP contribution in [0.4, 0.5) is 0 Å². The third-order valence-corrected chi connectivity index (χ3v) is 3.06. The van der Waals surface area contributed by atoms with Crippen LogP contribution in [0, 0.1) is 5.92 Å². The molecule has 21 heavy (non-hydrogen) atoms. The highest BCUT2D eigenvalue weighted by Gasteiger charge is 2.15. The summed E-state index contributed by atoms with van der Waals surface area (Å²) in [6.07, 6.45) is 1.36. The Morgan fingerprint density at radius 2 is 2.05 bits per heavy atom. The van der Waals surface area contributed by atoms with Gasteiger partial charge in [0.05, 0.1) is 12.6 Å². The third kappa shape index (κ3) is 2.33. The van der Waals surface area contributed by atoms with Gasteiger partial charge in [0.25, 0.3) is 5.56 Å². The molecule has 112 valence electrons. The smallest absolute Gasteiger partial charge is 0.296 e. The highest BCUT2D eigenvalue weighted by molar-refractivity contribution is 5.74. The quantitative estimate of drug-likeness (QED) is 0.689. The molecule has 0 amide bonds. The van der Waals surface area contributed by atoms with Crippen molar-refractivity contribution in [2.45, 2.75) is 20.4 Å². The zero-order valence-corrected chi connectivity index (χ0v) is 12.1. The average Bonchev–Trinajstić information content (AvgIpc) is 2.92. The minimum absolute atomic E-state index is 0. The van der Waals surface area contributed by atoms with E-state index in [1.54, 1.807) is 17.7 Å². The summed E-state index contributed by atoms with van der Waals surface area (Å²) >= 11 is 0. The van der Waals surface area contributed by atoms with Gasteiger partial charge in [0, 0.05) is 12.6 Å². The van der Waals surface area contributed by atoms with Crippen molar-refractivity contribution < 1.29 is 10.2 Å². The van der Waals surface area contributed by atoms with E-state index in [1.165, 1.54) is 10.8 Å². The number of hydrogen-bond acceptors (Lipinski definition) is 5. The maximum atomic E-state index is 12.5. The number of aromatic nitrogens is 5. The fourth-order valence-electron chi connectivity index (χ4n) is 2.22. The summed E-state index contributed by atoms with van der Waals surface area (Å²) in [5, 5.41) is 4.08. The number of pyridine rings is 1. The Labute approximate surface area is 120 Å². The molecule has 0 spiro atoms. The maximum Gasteiger partial charge on any atom is 0.296 e. The SMILES string of the molecule is COc1ccc2c(n1)n1ncnc1c(=O)n2CC(C)C.O. The van der Waals surface area contributed by atoms with Gasteiger partial charge in [-0.3, -0.25) is 4.79 Å². The van der Waals surface area contributed by atoms with Gasteiger partial charge < -0.3 is 14.8 Å². The molecule has 0 atom stereocenters. The van der Waals surface area contributed by atoms with Crippen molar-refractivity contribution in [3.05, 3.63) is 28.8 Å². The number of hydrogen-bond donors (Lipinski definition) is 0. The lowest BCUT2D eigenvalue weighted by Gasteiger charge is -2.13. The average molecular weight is 291 g/mol. The van der Waals surface area contributed by atoms with Crippen LogP contribution in [0.1, 0.15) is 13.8 Å². The number of rotatable bonds is 3. The van der Waals surface area contributed by atoms with Gasteiger partial charge in [-0.2, -0.15) is 14.6 Å². The van der Waals surface area contributed by atoms with Gasteiger partial charge in [-0.25, -0.2) is 4.98 Å². The van der Waals surface area contributed by atoms with Gasteiger partial charge in [-0.15, -0.1) is 0 Å². The van der Waals surface area contributed by atoms with Crippen LogP contribution >= 0.6 is 0 Å². The van der Waals surface area contributed by atoms with Crippen LogP contribution in [0.15, 0.2) is 23.3 Å². The molecule has 0 saturated carbocycles. The molecule has 8 nitrogen and oxygen atoms in total.